The molecule has 94 valence electrons. The van der Waals surface area contributed by atoms with Crippen molar-refractivity contribution in [3.8, 4) is 0 Å². The van der Waals surface area contributed by atoms with E-state index in [9.17, 15) is 9.59 Å². The van der Waals surface area contributed by atoms with Gasteiger partial charge in [0.05, 0.1) is 6.54 Å². The number of amides is 2. The summed E-state index contributed by atoms with van der Waals surface area (Å²) in [5, 5.41) is 2.60. The summed E-state index contributed by atoms with van der Waals surface area (Å²) in [6.07, 6.45) is 0. The maximum atomic E-state index is 11.6. The van der Waals surface area contributed by atoms with Crippen LogP contribution in [0.4, 0.5) is 0 Å². The lowest BCUT2D eigenvalue weighted by Gasteiger charge is -2.20. The van der Waals surface area contributed by atoms with Crippen LogP contribution in [0, 0.1) is 5.92 Å². The Morgan fingerprint density at radius 3 is 2.12 bits per heavy atom. The van der Waals surface area contributed by atoms with Gasteiger partial charge < -0.3 is 16.0 Å². The predicted molar refractivity (Wildman–Crippen MR) is 63.8 cm³/mol. The number of hydrogen-bond acceptors (Lipinski definition) is 3. The molecule has 5 nitrogen and oxygen atoms in total. The fourth-order valence-electron chi connectivity index (χ4n) is 1.25. The molecule has 0 aliphatic carbocycles. The number of hydrogen-bond donors (Lipinski definition) is 2. The first-order valence-corrected chi connectivity index (χ1v) is 5.75. The van der Waals surface area contributed by atoms with Gasteiger partial charge in [-0.05, 0) is 20.8 Å². The fraction of sp³-hybridized carbons (Fsp3) is 0.818. The SMILES string of the molecule is CCN(CC)C(=O)CNC(=O)C(C)C(C)N. The first-order valence-electron chi connectivity index (χ1n) is 5.75. The van der Waals surface area contributed by atoms with E-state index < -0.39 is 0 Å². The monoisotopic (exact) mass is 229 g/mol. The van der Waals surface area contributed by atoms with E-state index in [4.69, 9.17) is 5.73 Å². The molecule has 0 aromatic heterocycles. The highest BCUT2D eigenvalue weighted by Gasteiger charge is 2.18. The molecule has 0 aromatic rings. The van der Waals surface area contributed by atoms with Crippen molar-refractivity contribution in [2.75, 3.05) is 19.6 Å². The molecule has 0 saturated heterocycles. The minimum absolute atomic E-state index is 0.0531. The Hall–Kier alpha value is -1.10. The largest absolute Gasteiger partial charge is 0.347 e. The molecule has 0 heterocycles. The first-order chi connectivity index (χ1) is 7.43. The number of nitrogens with zero attached hydrogens (tertiary/aromatic N) is 1. The summed E-state index contributed by atoms with van der Waals surface area (Å²) in [5.41, 5.74) is 5.60. The Morgan fingerprint density at radius 2 is 1.75 bits per heavy atom. The van der Waals surface area contributed by atoms with Crippen LogP contribution in [-0.4, -0.2) is 42.4 Å². The molecule has 2 amide bonds. The van der Waals surface area contributed by atoms with Gasteiger partial charge in [0, 0.05) is 25.0 Å². The van der Waals surface area contributed by atoms with Gasteiger partial charge in [0.15, 0.2) is 0 Å². The van der Waals surface area contributed by atoms with Crippen LogP contribution in [0.2, 0.25) is 0 Å². The summed E-state index contributed by atoms with van der Waals surface area (Å²) in [6.45, 7) is 8.72. The van der Waals surface area contributed by atoms with Gasteiger partial charge in [-0.3, -0.25) is 9.59 Å². The number of rotatable bonds is 6. The zero-order valence-corrected chi connectivity index (χ0v) is 10.6. The minimum Gasteiger partial charge on any atom is -0.347 e. The highest BCUT2D eigenvalue weighted by molar-refractivity contribution is 5.85. The van der Waals surface area contributed by atoms with Crippen LogP contribution in [0.15, 0.2) is 0 Å². The molecule has 0 aliphatic heterocycles. The van der Waals surface area contributed by atoms with Crippen molar-refractivity contribution in [1.82, 2.24) is 10.2 Å². The van der Waals surface area contributed by atoms with Gasteiger partial charge in [0.2, 0.25) is 11.8 Å². The van der Waals surface area contributed by atoms with Gasteiger partial charge in [-0.15, -0.1) is 0 Å². The quantitative estimate of drug-likeness (QED) is 0.671. The van der Waals surface area contributed by atoms with Crippen LogP contribution < -0.4 is 11.1 Å². The molecular weight excluding hydrogens is 206 g/mol. The molecule has 2 unspecified atom stereocenters. The highest BCUT2D eigenvalue weighted by atomic mass is 16.2. The standard InChI is InChI=1S/C11H23N3O2/c1-5-14(6-2)10(15)7-13-11(16)8(3)9(4)12/h8-9H,5-7,12H2,1-4H3,(H,13,16). The average molecular weight is 229 g/mol. The van der Waals surface area contributed by atoms with E-state index in [0.29, 0.717) is 13.1 Å². The summed E-state index contributed by atoms with van der Waals surface area (Å²) in [7, 11) is 0. The Labute approximate surface area is 97.4 Å². The lowest BCUT2D eigenvalue weighted by Crippen LogP contribution is -2.44. The number of nitrogens with two attached hydrogens (primary N) is 1. The van der Waals surface area contributed by atoms with Crippen LogP contribution in [0.1, 0.15) is 27.7 Å². The molecule has 0 saturated carbocycles. The second-order valence-corrected chi connectivity index (χ2v) is 3.93. The van der Waals surface area contributed by atoms with Gasteiger partial charge in [-0.2, -0.15) is 0 Å². The van der Waals surface area contributed by atoms with Crippen LogP contribution in [0.3, 0.4) is 0 Å². The van der Waals surface area contributed by atoms with Gasteiger partial charge in [-0.1, -0.05) is 6.92 Å². The van der Waals surface area contributed by atoms with Gasteiger partial charge in [0.25, 0.3) is 0 Å². The van der Waals surface area contributed by atoms with Crippen molar-refractivity contribution < 1.29 is 9.59 Å². The Kier molecular flexibility index (Phi) is 6.72. The van der Waals surface area contributed by atoms with E-state index in [1.807, 2.05) is 13.8 Å². The second-order valence-electron chi connectivity index (χ2n) is 3.93. The lowest BCUT2D eigenvalue weighted by atomic mass is 10.0. The van der Waals surface area contributed by atoms with Crippen LogP contribution in [-0.2, 0) is 9.59 Å². The molecule has 0 radical (unpaired) electrons. The minimum atomic E-state index is -0.274. The topological polar surface area (TPSA) is 75.4 Å². The van der Waals surface area contributed by atoms with Crippen molar-refractivity contribution in [2.45, 2.75) is 33.7 Å². The van der Waals surface area contributed by atoms with Crippen molar-refractivity contribution >= 4 is 11.8 Å². The summed E-state index contributed by atoms with van der Waals surface area (Å²) in [5.74, 6) is -0.504. The van der Waals surface area contributed by atoms with Crippen molar-refractivity contribution in [3.63, 3.8) is 0 Å². The smallest absolute Gasteiger partial charge is 0.241 e. The zero-order chi connectivity index (χ0) is 12.7. The Balaban J connectivity index is 4.05. The van der Waals surface area contributed by atoms with Crippen molar-refractivity contribution in [3.05, 3.63) is 0 Å². The number of carbonyl (C=O) groups is 2. The van der Waals surface area contributed by atoms with Gasteiger partial charge >= 0.3 is 0 Å². The molecule has 5 heteroatoms. The molecule has 0 aromatic carbocycles. The third-order valence-electron chi connectivity index (χ3n) is 2.73. The average Bonchev–Trinajstić information content (AvgIpc) is 2.26. The third kappa shape index (κ3) is 4.61. The molecule has 0 rings (SSSR count). The maximum absolute atomic E-state index is 11.6. The van der Waals surface area contributed by atoms with Crippen LogP contribution in [0.25, 0.3) is 0 Å². The lowest BCUT2D eigenvalue weighted by molar-refractivity contribution is -0.133. The second kappa shape index (κ2) is 7.22. The van der Waals surface area contributed by atoms with E-state index in [1.54, 1.807) is 18.7 Å². The zero-order valence-electron chi connectivity index (χ0n) is 10.6. The normalized spacial score (nSPS) is 14.1. The van der Waals surface area contributed by atoms with E-state index >= 15 is 0 Å². The van der Waals surface area contributed by atoms with Crippen molar-refractivity contribution in [2.24, 2.45) is 11.7 Å². The number of likely N-dealkylation sites (N-methyl/N-ethyl adjacent to an activating group) is 1. The summed E-state index contributed by atoms with van der Waals surface area (Å²) < 4.78 is 0. The molecule has 16 heavy (non-hydrogen) atoms. The van der Waals surface area contributed by atoms with Crippen molar-refractivity contribution in [1.29, 1.82) is 0 Å². The molecule has 0 fully saturated rings. The molecule has 0 aliphatic rings. The van der Waals surface area contributed by atoms with E-state index in [0.717, 1.165) is 0 Å². The van der Waals surface area contributed by atoms with E-state index in [1.165, 1.54) is 0 Å². The molecule has 3 N–H and O–H groups in total. The predicted octanol–water partition coefficient (Wildman–Crippen LogP) is -0.0457. The molecule has 0 bridgehead atoms. The van der Waals surface area contributed by atoms with Gasteiger partial charge in [0.1, 0.15) is 0 Å². The molecule has 2 atom stereocenters. The maximum Gasteiger partial charge on any atom is 0.241 e. The van der Waals surface area contributed by atoms with Crippen LogP contribution in [0.5, 0.6) is 0 Å². The summed E-state index contributed by atoms with van der Waals surface area (Å²) in [4.78, 5) is 24.8. The fourth-order valence-corrected chi connectivity index (χ4v) is 1.25. The van der Waals surface area contributed by atoms with Gasteiger partial charge in [-0.25, -0.2) is 0 Å². The summed E-state index contributed by atoms with van der Waals surface area (Å²) in [6, 6.07) is -0.205. The Morgan fingerprint density at radius 1 is 1.25 bits per heavy atom. The number of nitrogens with one attached hydrogen (secondary N) is 1. The van der Waals surface area contributed by atoms with Crippen LogP contribution >= 0.6 is 0 Å². The first kappa shape index (κ1) is 14.9. The van der Waals surface area contributed by atoms with E-state index in [-0.39, 0.29) is 30.3 Å². The third-order valence-corrected chi connectivity index (χ3v) is 2.73. The van der Waals surface area contributed by atoms with E-state index in [2.05, 4.69) is 5.32 Å². The summed E-state index contributed by atoms with van der Waals surface area (Å²) >= 11 is 0. The highest BCUT2D eigenvalue weighted by Crippen LogP contribution is 1.99. The number of carbonyl (C=O) groups excluding carboxylic acids is 2. The Bertz CT molecular complexity index is 223. The molecule has 0 spiro atoms. The molecular formula is C11H23N3O2.